The predicted octanol–water partition coefficient (Wildman–Crippen LogP) is 3.84. The normalized spacial score (nSPS) is 27.1. The van der Waals surface area contributed by atoms with E-state index in [0.717, 1.165) is 48.1 Å². The topological polar surface area (TPSA) is 87.3 Å². The van der Waals surface area contributed by atoms with Crippen molar-refractivity contribution in [2.24, 2.45) is 23.2 Å². The molecule has 0 heterocycles. The van der Waals surface area contributed by atoms with Crippen LogP contribution in [0.25, 0.3) is 11.1 Å². The van der Waals surface area contributed by atoms with Gasteiger partial charge in [-0.25, -0.2) is 0 Å². The van der Waals surface area contributed by atoms with E-state index < -0.39 is 5.91 Å². The number of carbonyl (C=O) groups excluding carboxylic acids is 3. The highest BCUT2D eigenvalue weighted by Crippen LogP contribution is 2.61. The Kier molecular flexibility index (Phi) is 5.92. The summed E-state index contributed by atoms with van der Waals surface area (Å²) in [6, 6.07) is 17.2. The molecule has 172 valence electrons. The van der Waals surface area contributed by atoms with Crippen molar-refractivity contribution in [3.05, 3.63) is 60.2 Å². The molecule has 3 amide bonds. The highest BCUT2D eigenvalue weighted by Gasteiger charge is 2.51. The minimum Gasteiger partial charge on any atom is -0.343 e. The molecule has 4 saturated carbocycles. The molecule has 4 fully saturated rings. The van der Waals surface area contributed by atoms with Gasteiger partial charge in [-0.15, -0.1) is 0 Å². The summed E-state index contributed by atoms with van der Waals surface area (Å²) < 4.78 is 0. The number of carbonyl (C=O) groups is 3. The van der Waals surface area contributed by atoms with Crippen molar-refractivity contribution in [3.8, 4) is 11.1 Å². The molecule has 6 heteroatoms. The molecule has 6 nitrogen and oxygen atoms in total. The lowest BCUT2D eigenvalue weighted by Gasteiger charge is -2.56. The van der Waals surface area contributed by atoms with Crippen molar-refractivity contribution < 1.29 is 14.4 Å². The number of hydrogen-bond donors (Lipinski definition) is 3. The molecule has 0 aliphatic heterocycles. The number of hydrazine groups is 1. The van der Waals surface area contributed by atoms with Crippen LogP contribution in [0.1, 0.15) is 55.3 Å². The molecular formula is C27H31N3O3. The van der Waals surface area contributed by atoms with E-state index in [2.05, 4.69) is 16.2 Å². The third-order valence-electron chi connectivity index (χ3n) is 7.71. The zero-order valence-corrected chi connectivity index (χ0v) is 18.8. The van der Waals surface area contributed by atoms with Crippen LogP contribution in [0.15, 0.2) is 54.6 Å². The zero-order valence-electron chi connectivity index (χ0n) is 18.8. The van der Waals surface area contributed by atoms with Crippen LogP contribution in [-0.4, -0.2) is 24.3 Å². The fraction of sp³-hybridized carbons (Fsp3) is 0.444. The van der Waals surface area contributed by atoms with Gasteiger partial charge < -0.3 is 5.32 Å². The van der Waals surface area contributed by atoms with Gasteiger partial charge in [0.15, 0.2) is 0 Å². The number of rotatable bonds is 6. The highest BCUT2D eigenvalue weighted by molar-refractivity contribution is 5.97. The van der Waals surface area contributed by atoms with Crippen molar-refractivity contribution in [3.63, 3.8) is 0 Å². The molecule has 0 atom stereocenters. The quantitative estimate of drug-likeness (QED) is 0.591. The lowest BCUT2D eigenvalue weighted by molar-refractivity contribution is -0.134. The van der Waals surface area contributed by atoms with E-state index >= 15 is 0 Å². The monoisotopic (exact) mass is 445 g/mol. The van der Waals surface area contributed by atoms with Crippen LogP contribution < -0.4 is 16.2 Å². The SMILES string of the molecule is O=C(CNC(=O)c1ccc(-c2ccccc2)cc1)NNC(=O)CC12CC3CC(CC(C3)C1)C2. The predicted molar refractivity (Wildman–Crippen MR) is 126 cm³/mol. The van der Waals surface area contributed by atoms with Gasteiger partial charge in [-0.05, 0) is 85.0 Å². The molecule has 6 rings (SSSR count). The summed E-state index contributed by atoms with van der Waals surface area (Å²) in [5, 5.41) is 2.61. The van der Waals surface area contributed by atoms with E-state index in [1.165, 1.54) is 19.3 Å². The number of hydrogen-bond acceptors (Lipinski definition) is 3. The number of nitrogens with one attached hydrogen (secondary N) is 3. The van der Waals surface area contributed by atoms with Gasteiger partial charge in [0.1, 0.15) is 0 Å². The molecular weight excluding hydrogens is 414 g/mol. The Morgan fingerprint density at radius 2 is 1.27 bits per heavy atom. The Labute approximate surface area is 194 Å². The van der Waals surface area contributed by atoms with E-state index in [1.54, 1.807) is 12.1 Å². The standard InChI is InChI=1S/C27H31N3O3/c31-24(16-27-13-18-10-19(14-27)12-20(11-18)15-27)29-30-25(32)17-28-26(33)23-8-6-22(7-9-23)21-4-2-1-3-5-21/h1-9,18-20H,10-17H2,(H,28,33)(H,29,31)(H,30,32). The molecule has 0 unspecified atom stereocenters. The summed E-state index contributed by atoms with van der Waals surface area (Å²) in [5.74, 6) is 1.46. The maximum atomic E-state index is 12.5. The van der Waals surface area contributed by atoms with Crippen molar-refractivity contribution >= 4 is 17.7 Å². The molecule has 2 aromatic carbocycles. The first-order valence-electron chi connectivity index (χ1n) is 12.0. The van der Waals surface area contributed by atoms with E-state index in [9.17, 15) is 14.4 Å². The summed E-state index contributed by atoms with van der Waals surface area (Å²) in [4.78, 5) is 37.0. The molecule has 0 radical (unpaired) electrons. The van der Waals surface area contributed by atoms with Crippen LogP contribution in [0.4, 0.5) is 0 Å². The number of benzene rings is 2. The van der Waals surface area contributed by atoms with Crippen LogP contribution in [0.3, 0.4) is 0 Å². The lowest BCUT2D eigenvalue weighted by Crippen LogP contribution is -2.51. The van der Waals surface area contributed by atoms with E-state index in [-0.39, 0.29) is 23.8 Å². The second kappa shape index (κ2) is 9.00. The van der Waals surface area contributed by atoms with Gasteiger partial charge in [-0.2, -0.15) is 0 Å². The van der Waals surface area contributed by atoms with Crippen LogP contribution >= 0.6 is 0 Å². The smallest absolute Gasteiger partial charge is 0.257 e. The molecule has 0 spiro atoms. The van der Waals surface area contributed by atoms with Gasteiger partial charge in [-0.3, -0.25) is 25.2 Å². The molecule has 4 bridgehead atoms. The molecule has 4 aliphatic carbocycles. The third kappa shape index (κ3) is 4.95. The van der Waals surface area contributed by atoms with Crippen LogP contribution in [0, 0.1) is 23.2 Å². The Balaban J connectivity index is 1.06. The summed E-state index contributed by atoms with van der Waals surface area (Å²) in [6.07, 6.45) is 7.96. The second-order valence-electron chi connectivity index (χ2n) is 10.3. The van der Waals surface area contributed by atoms with Crippen LogP contribution in [-0.2, 0) is 9.59 Å². The molecule has 0 aromatic heterocycles. The molecule has 4 aliphatic rings. The van der Waals surface area contributed by atoms with Gasteiger partial charge in [0.2, 0.25) is 5.91 Å². The van der Waals surface area contributed by atoms with Gasteiger partial charge >= 0.3 is 0 Å². The zero-order chi connectivity index (χ0) is 22.8. The molecule has 3 N–H and O–H groups in total. The minimum atomic E-state index is -0.442. The Hall–Kier alpha value is -3.15. The van der Waals surface area contributed by atoms with Gasteiger partial charge in [0.05, 0.1) is 6.54 Å². The maximum Gasteiger partial charge on any atom is 0.257 e. The number of amides is 3. The van der Waals surface area contributed by atoms with Crippen LogP contribution in [0.5, 0.6) is 0 Å². The van der Waals surface area contributed by atoms with E-state index in [0.29, 0.717) is 12.0 Å². The third-order valence-corrected chi connectivity index (χ3v) is 7.71. The van der Waals surface area contributed by atoms with Crippen LogP contribution in [0.2, 0.25) is 0 Å². The van der Waals surface area contributed by atoms with Crippen molar-refractivity contribution in [2.75, 3.05) is 6.54 Å². The molecule has 0 saturated heterocycles. The summed E-state index contributed by atoms with van der Waals surface area (Å²) in [7, 11) is 0. The van der Waals surface area contributed by atoms with Crippen molar-refractivity contribution in [1.82, 2.24) is 16.2 Å². The second-order valence-corrected chi connectivity index (χ2v) is 10.3. The van der Waals surface area contributed by atoms with E-state index in [1.807, 2.05) is 42.5 Å². The largest absolute Gasteiger partial charge is 0.343 e. The average Bonchev–Trinajstić information content (AvgIpc) is 2.81. The maximum absolute atomic E-state index is 12.5. The Morgan fingerprint density at radius 1 is 0.727 bits per heavy atom. The summed E-state index contributed by atoms with van der Waals surface area (Å²) in [6.45, 7) is -0.198. The minimum absolute atomic E-state index is 0.129. The fourth-order valence-corrected chi connectivity index (χ4v) is 6.78. The first kappa shape index (κ1) is 21.7. The first-order chi connectivity index (χ1) is 16.0. The Morgan fingerprint density at radius 3 is 1.88 bits per heavy atom. The molecule has 33 heavy (non-hydrogen) atoms. The van der Waals surface area contributed by atoms with Gasteiger partial charge in [0.25, 0.3) is 11.8 Å². The first-order valence-corrected chi connectivity index (χ1v) is 12.0. The Bertz CT molecular complexity index is 997. The fourth-order valence-electron chi connectivity index (χ4n) is 6.78. The summed E-state index contributed by atoms with van der Waals surface area (Å²) >= 11 is 0. The summed E-state index contributed by atoms with van der Waals surface area (Å²) in [5.41, 5.74) is 7.71. The molecule has 2 aromatic rings. The van der Waals surface area contributed by atoms with Crippen molar-refractivity contribution in [2.45, 2.75) is 44.9 Å². The van der Waals surface area contributed by atoms with Gasteiger partial charge in [-0.1, -0.05) is 42.5 Å². The highest BCUT2D eigenvalue weighted by atomic mass is 16.2. The van der Waals surface area contributed by atoms with Crippen molar-refractivity contribution in [1.29, 1.82) is 0 Å². The average molecular weight is 446 g/mol. The van der Waals surface area contributed by atoms with Gasteiger partial charge in [0, 0.05) is 12.0 Å². The lowest BCUT2D eigenvalue weighted by atomic mass is 9.49. The van der Waals surface area contributed by atoms with E-state index in [4.69, 9.17) is 0 Å².